The van der Waals surface area contributed by atoms with E-state index in [0.29, 0.717) is 23.0 Å². The molecule has 0 aromatic heterocycles. The molecule has 2 amide bonds. The van der Waals surface area contributed by atoms with Crippen LogP contribution in [-0.4, -0.2) is 42.9 Å². The fraction of sp³-hybridized carbons (Fsp3) is 0.417. The molecule has 0 spiro atoms. The number of aryl methyl sites for hydroxylation is 2. The second-order valence-electron chi connectivity index (χ2n) is 8.15. The number of benzene rings is 2. The van der Waals surface area contributed by atoms with Crippen molar-refractivity contribution >= 4 is 23.4 Å². The molecule has 2 aromatic rings. The van der Waals surface area contributed by atoms with Crippen molar-refractivity contribution in [3.8, 4) is 0 Å². The number of piperidine rings is 1. The zero-order chi connectivity index (χ0) is 21.5. The summed E-state index contributed by atoms with van der Waals surface area (Å²) in [4.78, 5) is 26.7. The third kappa shape index (κ3) is 6.57. The average Bonchev–Trinajstić information content (AvgIpc) is 2.73. The van der Waals surface area contributed by atoms with Crippen molar-refractivity contribution in [2.75, 3.05) is 26.2 Å². The van der Waals surface area contributed by atoms with E-state index in [-0.39, 0.29) is 18.4 Å². The van der Waals surface area contributed by atoms with Gasteiger partial charge < -0.3 is 10.6 Å². The third-order valence-corrected chi connectivity index (χ3v) is 5.92. The van der Waals surface area contributed by atoms with Gasteiger partial charge in [0, 0.05) is 23.7 Å². The van der Waals surface area contributed by atoms with E-state index in [1.807, 2.05) is 0 Å². The maximum absolute atomic E-state index is 12.1. The Hall–Kier alpha value is -2.37. The first-order chi connectivity index (χ1) is 14.4. The monoisotopic (exact) mass is 427 g/mol. The molecule has 0 radical (unpaired) electrons. The molecule has 1 aliphatic heterocycles. The summed E-state index contributed by atoms with van der Waals surface area (Å²) in [6.07, 6.45) is 2.14. The van der Waals surface area contributed by atoms with E-state index in [4.69, 9.17) is 11.6 Å². The number of amides is 2. The molecule has 0 atom stereocenters. The van der Waals surface area contributed by atoms with Crippen LogP contribution in [0.15, 0.2) is 42.5 Å². The number of hydrogen-bond acceptors (Lipinski definition) is 3. The molecule has 5 nitrogen and oxygen atoms in total. The fourth-order valence-electron chi connectivity index (χ4n) is 3.83. The summed E-state index contributed by atoms with van der Waals surface area (Å²) in [5.41, 5.74) is 4.49. The third-order valence-electron chi connectivity index (χ3n) is 5.68. The van der Waals surface area contributed by atoms with Crippen molar-refractivity contribution in [2.24, 2.45) is 5.92 Å². The highest BCUT2D eigenvalue weighted by molar-refractivity contribution is 6.30. The quantitative estimate of drug-likeness (QED) is 0.708. The van der Waals surface area contributed by atoms with Gasteiger partial charge in [-0.15, -0.1) is 0 Å². The highest BCUT2D eigenvalue weighted by Crippen LogP contribution is 2.20. The van der Waals surface area contributed by atoms with Crippen LogP contribution in [0.3, 0.4) is 0 Å². The van der Waals surface area contributed by atoms with Gasteiger partial charge in [0.2, 0.25) is 5.91 Å². The summed E-state index contributed by atoms with van der Waals surface area (Å²) in [7, 11) is 0. The number of carbonyl (C=O) groups is 2. The Kier molecular flexibility index (Phi) is 7.88. The number of carbonyl (C=O) groups excluding carboxylic acids is 2. The lowest BCUT2D eigenvalue weighted by Crippen LogP contribution is -2.41. The van der Waals surface area contributed by atoms with E-state index in [2.05, 4.69) is 47.6 Å². The molecule has 1 fully saturated rings. The normalized spacial score (nSPS) is 15.0. The smallest absolute Gasteiger partial charge is 0.251 e. The van der Waals surface area contributed by atoms with Crippen LogP contribution < -0.4 is 10.6 Å². The molecular weight excluding hydrogens is 398 g/mol. The van der Waals surface area contributed by atoms with Crippen molar-refractivity contribution in [2.45, 2.75) is 33.2 Å². The molecule has 1 heterocycles. The highest BCUT2D eigenvalue weighted by Gasteiger charge is 2.20. The molecular formula is C24H30ClN3O2. The molecule has 0 bridgehead atoms. The average molecular weight is 428 g/mol. The van der Waals surface area contributed by atoms with Gasteiger partial charge >= 0.3 is 0 Å². The molecule has 6 heteroatoms. The zero-order valence-corrected chi connectivity index (χ0v) is 18.5. The lowest BCUT2D eigenvalue weighted by molar-refractivity contribution is -0.120. The van der Waals surface area contributed by atoms with Gasteiger partial charge in [0.1, 0.15) is 0 Å². The molecule has 1 saturated heterocycles. The Morgan fingerprint density at radius 2 is 1.83 bits per heavy atom. The van der Waals surface area contributed by atoms with Crippen LogP contribution in [0.2, 0.25) is 5.02 Å². The summed E-state index contributed by atoms with van der Waals surface area (Å²) in [5.74, 6) is 0.0170. The van der Waals surface area contributed by atoms with E-state index in [1.165, 1.54) is 16.7 Å². The summed E-state index contributed by atoms with van der Waals surface area (Å²) in [6.45, 7) is 7.99. The van der Waals surface area contributed by atoms with E-state index in [1.54, 1.807) is 24.3 Å². The van der Waals surface area contributed by atoms with Crippen molar-refractivity contribution in [1.29, 1.82) is 0 Å². The number of nitrogens with one attached hydrogen (secondary N) is 2. The molecule has 0 aliphatic carbocycles. The van der Waals surface area contributed by atoms with Gasteiger partial charge in [-0.2, -0.15) is 0 Å². The molecule has 30 heavy (non-hydrogen) atoms. The summed E-state index contributed by atoms with van der Waals surface area (Å²) in [5, 5.41) is 6.09. The largest absolute Gasteiger partial charge is 0.354 e. The van der Waals surface area contributed by atoms with Crippen molar-refractivity contribution in [1.82, 2.24) is 15.5 Å². The first-order valence-corrected chi connectivity index (χ1v) is 10.9. The highest BCUT2D eigenvalue weighted by atomic mass is 35.5. The van der Waals surface area contributed by atoms with Gasteiger partial charge in [0.05, 0.1) is 6.54 Å². The Morgan fingerprint density at radius 3 is 2.53 bits per heavy atom. The summed E-state index contributed by atoms with van der Waals surface area (Å²) in [6, 6.07) is 13.3. The maximum Gasteiger partial charge on any atom is 0.251 e. The second-order valence-corrected chi connectivity index (χ2v) is 8.58. The first-order valence-electron chi connectivity index (χ1n) is 10.5. The number of rotatable bonds is 7. The Labute approximate surface area is 183 Å². The SMILES string of the molecule is Cc1ccc(CN2CCC(CNC(=O)CNC(=O)c3cccc(Cl)c3)CC2)c(C)c1. The first kappa shape index (κ1) is 22.3. The molecule has 2 aromatic carbocycles. The lowest BCUT2D eigenvalue weighted by atomic mass is 9.96. The summed E-state index contributed by atoms with van der Waals surface area (Å²) < 4.78 is 0. The fourth-order valence-corrected chi connectivity index (χ4v) is 4.02. The molecule has 160 valence electrons. The topological polar surface area (TPSA) is 61.4 Å². The van der Waals surface area contributed by atoms with E-state index in [0.717, 1.165) is 32.5 Å². The van der Waals surface area contributed by atoms with Gasteiger partial charge in [-0.05, 0) is 75.0 Å². The Balaban J connectivity index is 1.35. The van der Waals surface area contributed by atoms with Crippen LogP contribution in [0.5, 0.6) is 0 Å². The van der Waals surface area contributed by atoms with Crippen LogP contribution in [0.25, 0.3) is 0 Å². The molecule has 0 saturated carbocycles. The minimum atomic E-state index is -0.299. The molecule has 3 rings (SSSR count). The van der Waals surface area contributed by atoms with Gasteiger partial charge in [0.15, 0.2) is 0 Å². The maximum atomic E-state index is 12.1. The van der Waals surface area contributed by atoms with Crippen molar-refractivity contribution in [3.05, 3.63) is 69.7 Å². The second kappa shape index (κ2) is 10.6. The number of halogens is 1. The minimum absolute atomic E-state index is 0.0309. The Morgan fingerprint density at radius 1 is 1.07 bits per heavy atom. The predicted molar refractivity (Wildman–Crippen MR) is 121 cm³/mol. The van der Waals surface area contributed by atoms with E-state index >= 15 is 0 Å². The van der Waals surface area contributed by atoms with Crippen LogP contribution >= 0.6 is 11.6 Å². The standard InChI is InChI=1S/C24H30ClN3O2/c1-17-6-7-21(18(2)12-17)16-28-10-8-19(9-11-28)14-26-23(29)15-27-24(30)20-4-3-5-22(25)13-20/h3-7,12-13,19H,8-11,14-16H2,1-2H3,(H,26,29)(H,27,30). The minimum Gasteiger partial charge on any atom is -0.354 e. The van der Waals surface area contributed by atoms with Crippen LogP contribution in [0.1, 0.15) is 39.9 Å². The molecule has 0 unspecified atom stereocenters. The van der Waals surface area contributed by atoms with E-state index in [9.17, 15) is 9.59 Å². The predicted octanol–water partition coefficient (Wildman–Crippen LogP) is 3.72. The molecule has 1 aliphatic rings. The lowest BCUT2D eigenvalue weighted by Gasteiger charge is -2.32. The number of nitrogens with zero attached hydrogens (tertiary/aromatic N) is 1. The van der Waals surface area contributed by atoms with Gasteiger partial charge in [-0.1, -0.05) is 41.4 Å². The van der Waals surface area contributed by atoms with Crippen LogP contribution in [0, 0.1) is 19.8 Å². The number of hydrogen-bond donors (Lipinski definition) is 2. The van der Waals surface area contributed by atoms with E-state index < -0.39 is 0 Å². The summed E-state index contributed by atoms with van der Waals surface area (Å²) >= 11 is 5.89. The zero-order valence-electron chi connectivity index (χ0n) is 17.7. The number of likely N-dealkylation sites (tertiary alicyclic amines) is 1. The van der Waals surface area contributed by atoms with Gasteiger partial charge in [0.25, 0.3) is 5.91 Å². The molecule has 2 N–H and O–H groups in total. The van der Waals surface area contributed by atoms with Crippen molar-refractivity contribution in [3.63, 3.8) is 0 Å². The van der Waals surface area contributed by atoms with Crippen LogP contribution in [0.4, 0.5) is 0 Å². The Bertz CT molecular complexity index is 892. The van der Waals surface area contributed by atoms with Crippen molar-refractivity contribution < 1.29 is 9.59 Å². The van der Waals surface area contributed by atoms with Crippen LogP contribution in [-0.2, 0) is 11.3 Å². The van der Waals surface area contributed by atoms with Gasteiger partial charge in [-0.3, -0.25) is 14.5 Å². The van der Waals surface area contributed by atoms with Gasteiger partial charge in [-0.25, -0.2) is 0 Å².